The van der Waals surface area contributed by atoms with Crippen LogP contribution in [0.3, 0.4) is 0 Å². The first-order chi connectivity index (χ1) is 8.58. The van der Waals surface area contributed by atoms with Gasteiger partial charge in [-0.2, -0.15) is 5.26 Å². The summed E-state index contributed by atoms with van der Waals surface area (Å²) in [5, 5.41) is 12.4. The maximum absolute atomic E-state index is 9.06. The average molecular weight is 310 g/mol. The van der Waals surface area contributed by atoms with Crippen LogP contribution in [0.5, 0.6) is 0 Å². The Morgan fingerprint density at radius 3 is 2.83 bits per heavy atom. The fourth-order valence-electron chi connectivity index (χ4n) is 1.66. The first-order valence-electron chi connectivity index (χ1n) is 6.22. The van der Waals surface area contributed by atoms with Gasteiger partial charge in [0, 0.05) is 23.6 Å². The van der Waals surface area contributed by atoms with Gasteiger partial charge in [-0.1, -0.05) is 22.9 Å². The lowest BCUT2D eigenvalue weighted by Gasteiger charge is -2.23. The molecule has 0 aliphatic rings. The van der Waals surface area contributed by atoms with Gasteiger partial charge in [0.25, 0.3) is 0 Å². The van der Waals surface area contributed by atoms with Gasteiger partial charge in [0.15, 0.2) is 0 Å². The second-order valence-electron chi connectivity index (χ2n) is 4.47. The lowest BCUT2D eigenvalue weighted by Crippen LogP contribution is -2.32. The standard InChI is InChI=1S/C14H20BrN3/c1-4-11(2)18(3)8-7-17-14-6-5-13(15)9-12(14)10-16/h5-6,9,11,17H,4,7-8H2,1-3H3. The first kappa shape index (κ1) is 15.0. The Hall–Kier alpha value is -1.05. The largest absolute Gasteiger partial charge is 0.383 e. The molecule has 0 radical (unpaired) electrons. The normalized spacial score (nSPS) is 12.2. The molecule has 1 unspecified atom stereocenters. The third-order valence-electron chi connectivity index (χ3n) is 3.23. The second kappa shape index (κ2) is 7.40. The molecule has 98 valence electrons. The van der Waals surface area contributed by atoms with E-state index in [1.54, 1.807) is 0 Å². The molecule has 0 heterocycles. The zero-order valence-electron chi connectivity index (χ0n) is 11.2. The molecule has 0 aromatic heterocycles. The van der Waals surface area contributed by atoms with Crippen LogP contribution >= 0.6 is 15.9 Å². The van der Waals surface area contributed by atoms with Crippen molar-refractivity contribution in [2.24, 2.45) is 0 Å². The van der Waals surface area contributed by atoms with E-state index in [0.29, 0.717) is 11.6 Å². The van der Waals surface area contributed by atoms with Gasteiger partial charge in [-0.15, -0.1) is 0 Å². The van der Waals surface area contributed by atoms with Gasteiger partial charge in [-0.05, 0) is 38.6 Å². The van der Waals surface area contributed by atoms with E-state index >= 15 is 0 Å². The fraction of sp³-hybridized carbons (Fsp3) is 0.500. The summed E-state index contributed by atoms with van der Waals surface area (Å²) < 4.78 is 0.932. The van der Waals surface area contributed by atoms with Crippen LogP contribution in [0.4, 0.5) is 5.69 Å². The second-order valence-corrected chi connectivity index (χ2v) is 5.38. The first-order valence-corrected chi connectivity index (χ1v) is 7.01. The van der Waals surface area contributed by atoms with Crippen molar-refractivity contribution in [2.75, 3.05) is 25.5 Å². The van der Waals surface area contributed by atoms with E-state index in [1.807, 2.05) is 18.2 Å². The van der Waals surface area contributed by atoms with Crippen molar-refractivity contribution >= 4 is 21.6 Å². The molecule has 1 aromatic carbocycles. The van der Waals surface area contributed by atoms with E-state index in [4.69, 9.17) is 5.26 Å². The highest BCUT2D eigenvalue weighted by atomic mass is 79.9. The summed E-state index contributed by atoms with van der Waals surface area (Å²) in [4.78, 5) is 2.32. The molecular formula is C14H20BrN3. The van der Waals surface area contributed by atoms with E-state index in [-0.39, 0.29) is 0 Å². The molecule has 0 bridgehead atoms. The molecule has 1 atom stereocenters. The fourth-order valence-corrected chi connectivity index (χ4v) is 2.02. The van der Waals surface area contributed by atoms with Crippen LogP contribution in [0.1, 0.15) is 25.8 Å². The van der Waals surface area contributed by atoms with Gasteiger partial charge in [-0.25, -0.2) is 0 Å². The molecule has 1 rings (SSSR count). The van der Waals surface area contributed by atoms with Crippen molar-refractivity contribution < 1.29 is 0 Å². The summed E-state index contributed by atoms with van der Waals surface area (Å²) >= 11 is 3.37. The zero-order valence-corrected chi connectivity index (χ0v) is 12.8. The van der Waals surface area contributed by atoms with Gasteiger partial charge in [-0.3, -0.25) is 0 Å². The minimum atomic E-state index is 0.590. The van der Waals surface area contributed by atoms with Gasteiger partial charge in [0.1, 0.15) is 6.07 Å². The SMILES string of the molecule is CCC(C)N(C)CCNc1ccc(Br)cc1C#N. The smallest absolute Gasteiger partial charge is 0.101 e. The monoisotopic (exact) mass is 309 g/mol. The van der Waals surface area contributed by atoms with Crippen LogP contribution in [0.25, 0.3) is 0 Å². The van der Waals surface area contributed by atoms with Crippen molar-refractivity contribution in [2.45, 2.75) is 26.3 Å². The van der Waals surface area contributed by atoms with Crippen LogP contribution in [0, 0.1) is 11.3 Å². The van der Waals surface area contributed by atoms with E-state index in [0.717, 1.165) is 29.7 Å². The molecule has 0 amide bonds. The van der Waals surface area contributed by atoms with Gasteiger partial charge in [0.05, 0.1) is 11.3 Å². The van der Waals surface area contributed by atoms with Crippen LogP contribution < -0.4 is 5.32 Å². The highest BCUT2D eigenvalue weighted by Crippen LogP contribution is 2.20. The van der Waals surface area contributed by atoms with Gasteiger partial charge < -0.3 is 10.2 Å². The molecule has 1 N–H and O–H groups in total. The van der Waals surface area contributed by atoms with Crippen LogP contribution in [-0.2, 0) is 0 Å². The molecule has 0 aliphatic carbocycles. The molecule has 0 aliphatic heterocycles. The number of hydrogen-bond acceptors (Lipinski definition) is 3. The zero-order chi connectivity index (χ0) is 13.5. The maximum atomic E-state index is 9.06. The number of nitrogens with one attached hydrogen (secondary N) is 1. The van der Waals surface area contributed by atoms with Gasteiger partial charge in [0.2, 0.25) is 0 Å². The minimum absolute atomic E-state index is 0.590. The van der Waals surface area contributed by atoms with Crippen molar-refractivity contribution in [3.8, 4) is 6.07 Å². The molecule has 3 nitrogen and oxygen atoms in total. The van der Waals surface area contributed by atoms with Crippen LogP contribution in [0.2, 0.25) is 0 Å². The number of nitrogens with zero attached hydrogens (tertiary/aromatic N) is 2. The number of rotatable bonds is 6. The minimum Gasteiger partial charge on any atom is -0.383 e. The molecule has 0 spiro atoms. The lowest BCUT2D eigenvalue weighted by molar-refractivity contribution is 0.261. The third kappa shape index (κ3) is 4.32. The summed E-state index contributed by atoms with van der Waals surface area (Å²) in [7, 11) is 2.13. The Bertz CT molecular complexity index is 426. The van der Waals surface area contributed by atoms with E-state index < -0.39 is 0 Å². The molecular weight excluding hydrogens is 290 g/mol. The Balaban J connectivity index is 2.52. The van der Waals surface area contributed by atoms with Crippen molar-refractivity contribution in [3.63, 3.8) is 0 Å². The van der Waals surface area contributed by atoms with Crippen LogP contribution in [-0.4, -0.2) is 31.1 Å². The highest BCUT2D eigenvalue weighted by Gasteiger charge is 2.06. The Morgan fingerprint density at radius 1 is 1.50 bits per heavy atom. The van der Waals surface area contributed by atoms with Crippen LogP contribution in [0.15, 0.2) is 22.7 Å². The molecule has 1 aromatic rings. The Labute approximate surface area is 118 Å². The maximum Gasteiger partial charge on any atom is 0.101 e. The average Bonchev–Trinajstić information content (AvgIpc) is 2.39. The summed E-state index contributed by atoms with van der Waals surface area (Å²) in [6, 6.07) is 8.51. The Morgan fingerprint density at radius 2 is 2.22 bits per heavy atom. The number of benzene rings is 1. The number of nitriles is 1. The number of hydrogen-bond donors (Lipinski definition) is 1. The highest BCUT2D eigenvalue weighted by molar-refractivity contribution is 9.10. The van der Waals surface area contributed by atoms with Crippen molar-refractivity contribution in [3.05, 3.63) is 28.2 Å². The number of anilines is 1. The summed E-state index contributed by atoms with van der Waals surface area (Å²) in [6.45, 7) is 6.23. The predicted octanol–water partition coefficient (Wildman–Crippen LogP) is 3.46. The molecule has 0 fully saturated rings. The van der Waals surface area contributed by atoms with E-state index in [2.05, 4.69) is 53.1 Å². The molecule has 0 saturated heterocycles. The molecule has 18 heavy (non-hydrogen) atoms. The summed E-state index contributed by atoms with van der Waals surface area (Å²) in [6.07, 6.45) is 1.15. The van der Waals surface area contributed by atoms with Gasteiger partial charge >= 0.3 is 0 Å². The summed E-state index contributed by atoms with van der Waals surface area (Å²) in [5.74, 6) is 0. The quantitative estimate of drug-likeness (QED) is 0.874. The van der Waals surface area contributed by atoms with E-state index in [1.165, 1.54) is 0 Å². The lowest BCUT2D eigenvalue weighted by atomic mass is 10.2. The number of likely N-dealkylation sites (N-methyl/N-ethyl adjacent to an activating group) is 1. The number of halogens is 1. The topological polar surface area (TPSA) is 39.1 Å². The summed E-state index contributed by atoms with van der Waals surface area (Å²) in [5.41, 5.74) is 1.58. The molecule has 0 saturated carbocycles. The van der Waals surface area contributed by atoms with E-state index in [9.17, 15) is 0 Å². The third-order valence-corrected chi connectivity index (χ3v) is 3.72. The van der Waals surface area contributed by atoms with Crippen molar-refractivity contribution in [1.29, 1.82) is 5.26 Å². The molecule has 4 heteroatoms. The predicted molar refractivity (Wildman–Crippen MR) is 79.7 cm³/mol. The van der Waals surface area contributed by atoms with Crippen molar-refractivity contribution in [1.82, 2.24) is 4.90 Å². The Kier molecular flexibility index (Phi) is 6.17.